The topological polar surface area (TPSA) is 47.8 Å². The molecule has 5 heteroatoms. The van der Waals surface area contributed by atoms with Crippen molar-refractivity contribution in [2.45, 2.75) is 19.9 Å². The van der Waals surface area contributed by atoms with Gasteiger partial charge in [-0.1, -0.05) is 13.0 Å². The van der Waals surface area contributed by atoms with Crippen LogP contribution in [-0.2, 0) is 13.0 Å². The Morgan fingerprint density at radius 2 is 2.10 bits per heavy atom. The normalized spacial score (nSPS) is 11.0. The van der Waals surface area contributed by atoms with Gasteiger partial charge in [0.1, 0.15) is 11.6 Å². The predicted octanol–water partition coefficient (Wildman–Crippen LogP) is 2.54. The van der Waals surface area contributed by atoms with E-state index in [1.807, 2.05) is 25.1 Å². The molecule has 21 heavy (non-hydrogen) atoms. The molecule has 0 N–H and O–H groups in total. The average Bonchev–Trinajstić information content (AvgIpc) is 2.51. The zero-order valence-corrected chi connectivity index (χ0v) is 11.6. The summed E-state index contributed by atoms with van der Waals surface area (Å²) in [6, 6.07) is 9.63. The molecule has 1 aromatic carbocycles. The molecule has 0 saturated heterocycles. The molecule has 2 heterocycles. The van der Waals surface area contributed by atoms with Gasteiger partial charge in [-0.2, -0.15) is 0 Å². The highest BCUT2D eigenvalue weighted by atomic mass is 19.1. The van der Waals surface area contributed by atoms with Gasteiger partial charge in [-0.15, -0.1) is 0 Å². The second-order valence-corrected chi connectivity index (χ2v) is 4.76. The van der Waals surface area contributed by atoms with E-state index in [1.165, 1.54) is 18.2 Å². The first-order valence-corrected chi connectivity index (χ1v) is 6.78. The Hall–Kier alpha value is -2.56. The van der Waals surface area contributed by atoms with Crippen LogP contribution in [0.2, 0.25) is 0 Å². The fourth-order valence-corrected chi connectivity index (χ4v) is 2.33. The maximum absolute atomic E-state index is 13.4. The minimum atomic E-state index is -0.435. The second kappa shape index (κ2) is 5.44. The standard InChI is InChI=1S/C16H14FN3O/c1-2-15-19-14-7-6-11(17)9-13(14)16(21)20(15)10-12-5-3-4-8-18-12/h3-9H,2,10H2,1H3. The van der Waals surface area contributed by atoms with E-state index in [9.17, 15) is 9.18 Å². The number of benzene rings is 1. The lowest BCUT2D eigenvalue weighted by molar-refractivity contribution is 0.627. The fraction of sp³-hybridized carbons (Fsp3) is 0.188. The van der Waals surface area contributed by atoms with Crippen molar-refractivity contribution in [1.29, 1.82) is 0 Å². The van der Waals surface area contributed by atoms with Crippen molar-refractivity contribution in [2.75, 3.05) is 0 Å². The van der Waals surface area contributed by atoms with Gasteiger partial charge in [0, 0.05) is 12.6 Å². The van der Waals surface area contributed by atoms with Crippen LogP contribution in [0.25, 0.3) is 10.9 Å². The van der Waals surface area contributed by atoms with Gasteiger partial charge in [0.05, 0.1) is 23.1 Å². The van der Waals surface area contributed by atoms with E-state index in [-0.39, 0.29) is 5.56 Å². The van der Waals surface area contributed by atoms with Gasteiger partial charge in [0.15, 0.2) is 0 Å². The molecule has 0 unspecified atom stereocenters. The predicted molar refractivity (Wildman–Crippen MR) is 78.7 cm³/mol. The van der Waals surface area contributed by atoms with E-state index in [1.54, 1.807) is 10.8 Å². The van der Waals surface area contributed by atoms with Crippen LogP contribution in [-0.4, -0.2) is 14.5 Å². The van der Waals surface area contributed by atoms with Crippen molar-refractivity contribution in [3.8, 4) is 0 Å². The largest absolute Gasteiger partial charge is 0.290 e. The molecule has 0 amide bonds. The van der Waals surface area contributed by atoms with E-state index in [0.717, 1.165) is 5.69 Å². The monoisotopic (exact) mass is 283 g/mol. The van der Waals surface area contributed by atoms with Crippen molar-refractivity contribution >= 4 is 10.9 Å². The minimum Gasteiger partial charge on any atom is -0.290 e. The molecule has 0 aliphatic carbocycles. The summed E-state index contributed by atoms with van der Waals surface area (Å²) in [5.74, 6) is 0.236. The lowest BCUT2D eigenvalue weighted by Crippen LogP contribution is -2.26. The van der Waals surface area contributed by atoms with Crippen LogP contribution in [0, 0.1) is 5.82 Å². The van der Waals surface area contributed by atoms with E-state index in [2.05, 4.69) is 9.97 Å². The molecule has 0 bridgehead atoms. The molecular formula is C16H14FN3O. The van der Waals surface area contributed by atoms with Crippen molar-refractivity contribution in [3.63, 3.8) is 0 Å². The van der Waals surface area contributed by atoms with E-state index < -0.39 is 5.82 Å². The summed E-state index contributed by atoms with van der Waals surface area (Å²) in [6.45, 7) is 2.27. The number of aromatic nitrogens is 3. The number of pyridine rings is 1. The lowest BCUT2D eigenvalue weighted by atomic mass is 10.2. The molecule has 0 radical (unpaired) electrons. The highest BCUT2D eigenvalue weighted by Crippen LogP contribution is 2.12. The Morgan fingerprint density at radius 3 is 2.81 bits per heavy atom. The molecule has 0 saturated carbocycles. The molecule has 3 rings (SSSR count). The molecule has 3 aromatic rings. The quantitative estimate of drug-likeness (QED) is 0.742. The highest BCUT2D eigenvalue weighted by Gasteiger charge is 2.11. The molecule has 106 valence electrons. The summed E-state index contributed by atoms with van der Waals surface area (Å²) < 4.78 is 14.9. The number of rotatable bonds is 3. The van der Waals surface area contributed by atoms with Gasteiger partial charge in [-0.05, 0) is 30.3 Å². The maximum Gasteiger partial charge on any atom is 0.261 e. The first kappa shape index (κ1) is 13.4. The molecule has 2 aromatic heterocycles. The maximum atomic E-state index is 13.4. The van der Waals surface area contributed by atoms with Crippen molar-refractivity contribution in [1.82, 2.24) is 14.5 Å². The van der Waals surface area contributed by atoms with Gasteiger partial charge < -0.3 is 0 Å². The van der Waals surface area contributed by atoms with Crippen molar-refractivity contribution in [3.05, 3.63) is 70.3 Å². The van der Waals surface area contributed by atoms with Crippen LogP contribution in [0.1, 0.15) is 18.4 Å². The Labute approximate surface area is 120 Å². The molecule has 0 aliphatic heterocycles. The summed E-state index contributed by atoms with van der Waals surface area (Å²) in [7, 11) is 0. The van der Waals surface area contributed by atoms with Gasteiger partial charge in [0.2, 0.25) is 0 Å². The number of aryl methyl sites for hydroxylation is 1. The third-order valence-electron chi connectivity index (χ3n) is 3.36. The Morgan fingerprint density at radius 1 is 1.24 bits per heavy atom. The van der Waals surface area contributed by atoms with Crippen LogP contribution in [0.3, 0.4) is 0 Å². The molecular weight excluding hydrogens is 269 g/mol. The van der Waals surface area contributed by atoms with Gasteiger partial charge in [-0.3, -0.25) is 14.3 Å². The summed E-state index contributed by atoms with van der Waals surface area (Å²) in [4.78, 5) is 21.3. The lowest BCUT2D eigenvalue weighted by Gasteiger charge is -2.12. The minimum absolute atomic E-state index is 0.234. The van der Waals surface area contributed by atoms with Gasteiger partial charge in [0.25, 0.3) is 5.56 Å². The van der Waals surface area contributed by atoms with E-state index >= 15 is 0 Å². The van der Waals surface area contributed by atoms with E-state index in [0.29, 0.717) is 29.7 Å². The number of fused-ring (bicyclic) bond motifs is 1. The number of hydrogen-bond acceptors (Lipinski definition) is 3. The molecule has 0 spiro atoms. The molecule has 0 atom stereocenters. The van der Waals surface area contributed by atoms with Crippen LogP contribution >= 0.6 is 0 Å². The second-order valence-electron chi connectivity index (χ2n) is 4.76. The van der Waals surface area contributed by atoms with Crippen LogP contribution in [0.15, 0.2) is 47.4 Å². The number of nitrogens with zero attached hydrogens (tertiary/aromatic N) is 3. The number of hydrogen-bond donors (Lipinski definition) is 0. The van der Waals surface area contributed by atoms with Crippen LogP contribution in [0.4, 0.5) is 4.39 Å². The number of halogens is 1. The highest BCUT2D eigenvalue weighted by molar-refractivity contribution is 5.77. The van der Waals surface area contributed by atoms with Gasteiger partial charge in [-0.25, -0.2) is 9.37 Å². The summed E-state index contributed by atoms with van der Waals surface area (Å²) in [6.07, 6.45) is 2.30. The SMILES string of the molecule is CCc1nc2ccc(F)cc2c(=O)n1Cc1ccccn1. The summed E-state index contributed by atoms with van der Waals surface area (Å²) in [5.41, 5.74) is 1.06. The van der Waals surface area contributed by atoms with Crippen LogP contribution < -0.4 is 5.56 Å². The summed E-state index contributed by atoms with van der Waals surface area (Å²) >= 11 is 0. The third-order valence-corrected chi connectivity index (χ3v) is 3.36. The zero-order valence-electron chi connectivity index (χ0n) is 11.6. The van der Waals surface area contributed by atoms with Crippen LogP contribution in [0.5, 0.6) is 0 Å². The first-order chi connectivity index (χ1) is 10.2. The van der Waals surface area contributed by atoms with Gasteiger partial charge >= 0.3 is 0 Å². The first-order valence-electron chi connectivity index (χ1n) is 6.78. The fourth-order valence-electron chi connectivity index (χ4n) is 2.33. The molecule has 0 fully saturated rings. The zero-order chi connectivity index (χ0) is 14.8. The Balaban J connectivity index is 2.20. The molecule has 4 nitrogen and oxygen atoms in total. The van der Waals surface area contributed by atoms with Crippen molar-refractivity contribution < 1.29 is 4.39 Å². The Bertz CT molecular complexity index is 843. The van der Waals surface area contributed by atoms with Crippen molar-refractivity contribution in [2.24, 2.45) is 0 Å². The smallest absolute Gasteiger partial charge is 0.261 e. The summed E-state index contributed by atoms with van der Waals surface area (Å²) in [5, 5.41) is 0.295. The third kappa shape index (κ3) is 2.54. The van der Waals surface area contributed by atoms with E-state index in [4.69, 9.17) is 0 Å². The average molecular weight is 283 g/mol. The Kier molecular flexibility index (Phi) is 3.48. The molecule has 0 aliphatic rings.